The number of piperidine rings is 1. The first kappa shape index (κ1) is 14.4. The van der Waals surface area contributed by atoms with Gasteiger partial charge in [0.2, 0.25) is 5.91 Å². The number of ether oxygens (including phenoxy) is 1. The third-order valence-corrected chi connectivity index (χ3v) is 3.12. The Morgan fingerprint density at radius 3 is 2.76 bits per heavy atom. The van der Waals surface area contributed by atoms with Gasteiger partial charge in [0.05, 0.1) is 6.54 Å². The Kier molecular flexibility index (Phi) is 7.16. The summed E-state index contributed by atoms with van der Waals surface area (Å²) in [7, 11) is 3.81. The lowest BCUT2D eigenvalue weighted by Crippen LogP contribution is -2.44. The van der Waals surface area contributed by atoms with Crippen molar-refractivity contribution in [1.82, 2.24) is 15.5 Å². The molecule has 0 aliphatic carbocycles. The summed E-state index contributed by atoms with van der Waals surface area (Å²) in [6.07, 6.45) is 3.14. The second-order valence-corrected chi connectivity index (χ2v) is 4.65. The number of carbonyl (C=O) groups is 1. The van der Waals surface area contributed by atoms with Gasteiger partial charge in [0.25, 0.3) is 0 Å². The fourth-order valence-corrected chi connectivity index (χ4v) is 1.96. The lowest BCUT2D eigenvalue weighted by Gasteiger charge is -2.29. The van der Waals surface area contributed by atoms with Gasteiger partial charge in [-0.15, -0.1) is 0 Å². The molecule has 0 radical (unpaired) electrons. The molecular weight excluding hydrogens is 218 g/mol. The maximum Gasteiger partial charge on any atom is 0.233 e. The van der Waals surface area contributed by atoms with Crippen LogP contribution in [0, 0.1) is 0 Å². The Hall–Kier alpha value is -0.650. The number of rotatable bonds is 7. The van der Waals surface area contributed by atoms with Gasteiger partial charge in [0, 0.05) is 26.3 Å². The minimum Gasteiger partial charge on any atom is -0.385 e. The molecule has 17 heavy (non-hydrogen) atoms. The lowest BCUT2D eigenvalue weighted by atomic mass is 10.1. The minimum atomic E-state index is 0.0834. The van der Waals surface area contributed by atoms with E-state index in [1.54, 1.807) is 7.11 Å². The molecule has 0 bridgehead atoms. The smallest absolute Gasteiger partial charge is 0.233 e. The van der Waals surface area contributed by atoms with E-state index in [1.807, 2.05) is 0 Å². The molecule has 5 heteroatoms. The number of hydrogen-bond acceptors (Lipinski definition) is 4. The molecule has 1 rings (SSSR count). The highest BCUT2D eigenvalue weighted by Gasteiger charge is 2.16. The Morgan fingerprint density at radius 1 is 1.41 bits per heavy atom. The van der Waals surface area contributed by atoms with Crippen molar-refractivity contribution in [3.8, 4) is 0 Å². The van der Waals surface area contributed by atoms with Gasteiger partial charge >= 0.3 is 0 Å². The van der Waals surface area contributed by atoms with Crippen LogP contribution >= 0.6 is 0 Å². The summed E-state index contributed by atoms with van der Waals surface area (Å²) in [6.45, 7) is 4.06. The highest BCUT2D eigenvalue weighted by molar-refractivity contribution is 5.77. The Morgan fingerprint density at radius 2 is 2.12 bits per heavy atom. The first-order valence-electron chi connectivity index (χ1n) is 6.40. The van der Waals surface area contributed by atoms with Gasteiger partial charge in [0.15, 0.2) is 0 Å². The van der Waals surface area contributed by atoms with E-state index in [0.29, 0.717) is 25.7 Å². The Bertz CT molecular complexity index is 216. The third kappa shape index (κ3) is 6.61. The number of likely N-dealkylation sites (tertiary alicyclic amines) is 1. The zero-order valence-corrected chi connectivity index (χ0v) is 11.0. The van der Waals surface area contributed by atoms with E-state index in [-0.39, 0.29) is 5.91 Å². The molecule has 0 atom stereocenters. The molecule has 2 N–H and O–H groups in total. The van der Waals surface area contributed by atoms with Gasteiger partial charge in [-0.1, -0.05) is 0 Å². The number of nitrogens with zero attached hydrogens (tertiary/aromatic N) is 1. The van der Waals surface area contributed by atoms with Crippen LogP contribution in [0.2, 0.25) is 0 Å². The molecule has 0 aromatic carbocycles. The van der Waals surface area contributed by atoms with Crippen LogP contribution in [-0.4, -0.2) is 63.8 Å². The summed E-state index contributed by atoms with van der Waals surface area (Å²) in [5.41, 5.74) is 0. The van der Waals surface area contributed by atoms with Crippen molar-refractivity contribution >= 4 is 5.91 Å². The van der Waals surface area contributed by atoms with E-state index in [0.717, 1.165) is 32.4 Å². The van der Waals surface area contributed by atoms with Gasteiger partial charge < -0.3 is 20.3 Å². The van der Waals surface area contributed by atoms with Gasteiger partial charge in [-0.25, -0.2) is 0 Å². The summed E-state index contributed by atoms with van der Waals surface area (Å²) in [4.78, 5) is 13.8. The van der Waals surface area contributed by atoms with E-state index < -0.39 is 0 Å². The van der Waals surface area contributed by atoms with Crippen LogP contribution in [0.15, 0.2) is 0 Å². The highest BCUT2D eigenvalue weighted by atomic mass is 16.5. The predicted molar refractivity (Wildman–Crippen MR) is 68.0 cm³/mol. The van der Waals surface area contributed by atoms with Crippen LogP contribution in [0.5, 0.6) is 0 Å². The SMILES string of the molecule is COCCCNC(=O)CNC1CCN(C)CC1. The summed E-state index contributed by atoms with van der Waals surface area (Å²) in [5, 5.41) is 6.19. The summed E-state index contributed by atoms with van der Waals surface area (Å²) in [6, 6.07) is 0.496. The lowest BCUT2D eigenvalue weighted by molar-refractivity contribution is -0.120. The fourth-order valence-electron chi connectivity index (χ4n) is 1.96. The maximum atomic E-state index is 11.5. The Balaban J connectivity index is 1.99. The van der Waals surface area contributed by atoms with E-state index in [1.165, 1.54) is 0 Å². The average Bonchev–Trinajstić information content (AvgIpc) is 2.34. The summed E-state index contributed by atoms with van der Waals surface area (Å²) >= 11 is 0. The van der Waals surface area contributed by atoms with Crippen LogP contribution in [0.25, 0.3) is 0 Å². The van der Waals surface area contributed by atoms with Crippen molar-refractivity contribution in [1.29, 1.82) is 0 Å². The minimum absolute atomic E-state index is 0.0834. The van der Waals surface area contributed by atoms with Crippen molar-refractivity contribution in [3.63, 3.8) is 0 Å². The standard InChI is InChI=1S/C12H25N3O2/c1-15-7-4-11(5-8-15)14-10-12(16)13-6-3-9-17-2/h11,14H,3-10H2,1-2H3,(H,13,16). The largest absolute Gasteiger partial charge is 0.385 e. The number of nitrogens with one attached hydrogen (secondary N) is 2. The Labute approximate surface area is 104 Å². The molecule has 0 aromatic heterocycles. The van der Waals surface area contributed by atoms with Crippen molar-refractivity contribution in [2.45, 2.75) is 25.3 Å². The fraction of sp³-hybridized carbons (Fsp3) is 0.917. The van der Waals surface area contributed by atoms with Crippen LogP contribution in [-0.2, 0) is 9.53 Å². The molecule has 1 saturated heterocycles. The second kappa shape index (κ2) is 8.44. The van der Waals surface area contributed by atoms with E-state index >= 15 is 0 Å². The molecular formula is C12H25N3O2. The van der Waals surface area contributed by atoms with Crippen molar-refractivity contribution in [2.75, 3.05) is 46.9 Å². The second-order valence-electron chi connectivity index (χ2n) is 4.65. The number of hydrogen-bond donors (Lipinski definition) is 2. The average molecular weight is 243 g/mol. The first-order valence-corrected chi connectivity index (χ1v) is 6.40. The molecule has 5 nitrogen and oxygen atoms in total. The number of amides is 1. The topological polar surface area (TPSA) is 53.6 Å². The van der Waals surface area contributed by atoms with E-state index in [2.05, 4.69) is 22.6 Å². The van der Waals surface area contributed by atoms with Crippen molar-refractivity contribution in [3.05, 3.63) is 0 Å². The van der Waals surface area contributed by atoms with Gasteiger partial charge in [-0.2, -0.15) is 0 Å². The normalized spacial score (nSPS) is 18.2. The molecule has 1 fully saturated rings. The predicted octanol–water partition coefficient (Wildman–Crippen LogP) is -0.177. The number of carbonyl (C=O) groups excluding carboxylic acids is 1. The molecule has 100 valence electrons. The van der Waals surface area contributed by atoms with E-state index in [9.17, 15) is 4.79 Å². The van der Waals surface area contributed by atoms with E-state index in [4.69, 9.17) is 4.74 Å². The summed E-state index contributed by atoms with van der Waals surface area (Å²) < 4.78 is 4.92. The highest BCUT2D eigenvalue weighted by Crippen LogP contribution is 2.07. The van der Waals surface area contributed by atoms with Gasteiger partial charge in [0.1, 0.15) is 0 Å². The zero-order chi connectivity index (χ0) is 12.5. The maximum absolute atomic E-state index is 11.5. The third-order valence-electron chi connectivity index (χ3n) is 3.12. The molecule has 0 unspecified atom stereocenters. The van der Waals surface area contributed by atoms with Crippen molar-refractivity contribution in [2.24, 2.45) is 0 Å². The monoisotopic (exact) mass is 243 g/mol. The van der Waals surface area contributed by atoms with Gasteiger partial charge in [-0.05, 0) is 39.4 Å². The first-order chi connectivity index (χ1) is 8.22. The summed E-state index contributed by atoms with van der Waals surface area (Å²) in [5.74, 6) is 0.0834. The molecule has 1 heterocycles. The zero-order valence-electron chi connectivity index (χ0n) is 11.0. The number of methoxy groups -OCH3 is 1. The van der Waals surface area contributed by atoms with Crippen LogP contribution < -0.4 is 10.6 Å². The van der Waals surface area contributed by atoms with Crippen LogP contribution in [0.3, 0.4) is 0 Å². The van der Waals surface area contributed by atoms with Crippen LogP contribution in [0.1, 0.15) is 19.3 Å². The van der Waals surface area contributed by atoms with Gasteiger partial charge in [-0.3, -0.25) is 4.79 Å². The molecule has 1 aliphatic heterocycles. The molecule has 0 saturated carbocycles. The molecule has 1 amide bonds. The molecule has 1 aliphatic rings. The quantitative estimate of drug-likeness (QED) is 0.609. The van der Waals surface area contributed by atoms with Crippen LogP contribution in [0.4, 0.5) is 0 Å². The molecule has 0 aromatic rings. The molecule has 0 spiro atoms. The van der Waals surface area contributed by atoms with Crippen molar-refractivity contribution < 1.29 is 9.53 Å².